The molecule has 41 heavy (non-hydrogen) atoms. The number of pyridine rings is 1. The third-order valence-corrected chi connectivity index (χ3v) is 6.16. The van der Waals surface area contributed by atoms with Crippen LogP contribution in [0.3, 0.4) is 0 Å². The van der Waals surface area contributed by atoms with Crippen LogP contribution in [-0.2, 0) is 9.57 Å². The predicted molar refractivity (Wildman–Crippen MR) is 159 cm³/mol. The molecule has 1 atom stereocenters. The van der Waals surface area contributed by atoms with Gasteiger partial charge in [0.1, 0.15) is 5.82 Å². The molecule has 2 aromatic heterocycles. The number of hydroxylamine groups is 2. The highest BCUT2D eigenvalue weighted by molar-refractivity contribution is 7.18. The number of carbonyl (C=O) groups is 2. The lowest BCUT2D eigenvalue weighted by Crippen LogP contribution is -2.41. The van der Waals surface area contributed by atoms with E-state index in [-0.39, 0.29) is 11.7 Å². The number of para-hydroxylation sites is 1. The molecule has 1 aliphatic heterocycles. The Balaban J connectivity index is 0.000000850. The Morgan fingerprint density at radius 3 is 2.66 bits per heavy atom. The Labute approximate surface area is 240 Å². The van der Waals surface area contributed by atoms with Gasteiger partial charge < -0.3 is 15.4 Å². The van der Waals surface area contributed by atoms with Gasteiger partial charge in [0.2, 0.25) is 0 Å². The van der Waals surface area contributed by atoms with Crippen LogP contribution in [0.2, 0.25) is 0 Å². The number of rotatable bonds is 9. The largest absolute Gasteiger partial charge is 0.383 e. The minimum atomic E-state index is -0.771. The zero-order valence-corrected chi connectivity index (χ0v) is 24.5. The van der Waals surface area contributed by atoms with Crippen LogP contribution in [-0.4, -0.2) is 84.1 Å². The minimum absolute atomic E-state index is 0.203. The fourth-order valence-corrected chi connectivity index (χ4v) is 4.13. The second-order valence-corrected chi connectivity index (χ2v) is 9.20. The fourth-order valence-electron chi connectivity index (χ4n) is 3.93. The average molecular weight is 584 g/mol. The molecule has 0 aliphatic carbocycles. The van der Waals surface area contributed by atoms with E-state index in [2.05, 4.69) is 34.9 Å². The summed E-state index contributed by atoms with van der Waals surface area (Å²) in [5, 5.41) is 14.5. The molecule has 218 valence electrons. The Bertz CT molecular complexity index is 1370. The normalized spacial score (nSPS) is 14.8. The SMILES string of the molecule is C/C=C\C=P.CNC(=O)c1ncc(-c2nn(-c3ccccc3)c(NC(=O)N[C@H]3CON(CCOC)C3)c2C)cc1F. The molecule has 0 radical (unpaired) electrons. The van der Waals surface area contributed by atoms with E-state index in [1.807, 2.05) is 49.4 Å². The number of anilines is 1. The van der Waals surface area contributed by atoms with Crippen molar-refractivity contribution in [2.24, 2.45) is 0 Å². The highest BCUT2D eigenvalue weighted by Crippen LogP contribution is 2.31. The molecular weight excluding hydrogens is 548 g/mol. The molecule has 1 fully saturated rings. The molecule has 1 saturated heterocycles. The lowest BCUT2D eigenvalue weighted by atomic mass is 10.1. The first-order chi connectivity index (χ1) is 19.8. The third-order valence-electron chi connectivity index (χ3n) is 5.96. The van der Waals surface area contributed by atoms with Crippen molar-refractivity contribution < 1.29 is 23.6 Å². The summed E-state index contributed by atoms with van der Waals surface area (Å²) in [6.45, 7) is 5.74. The lowest BCUT2D eigenvalue weighted by molar-refractivity contribution is -0.118. The number of benzene rings is 1. The van der Waals surface area contributed by atoms with Crippen LogP contribution in [0, 0.1) is 12.7 Å². The third kappa shape index (κ3) is 8.51. The lowest BCUT2D eigenvalue weighted by Gasteiger charge is -2.15. The van der Waals surface area contributed by atoms with E-state index in [9.17, 15) is 14.0 Å². The molecular formula is C28H35FN7O4P. The number of ether oxygens (including phenoxy) is 1. The van der Waals surface area contributed by atoms with Gasteiger partial charge >= 0.3 is 6.03 Å². The van der Waals surface area contributed by atoms with Gasteiger partial charge in [-0.15, -0.1) is 8.86 Å². The minimum Gasteiger partial charge on any atom is -0.383 e. The number of aromatic nitrogens is 3. The van der Waals surface area contributed by atoms with Gasteiger partial charge in [0, 0.05) is 44.6 Å². The molecule has 0 bridgehead atoms. The number of urea groups is 1. The number of hydrogen-bond donors (Lipinski definition) is 3. The number of carbonyl (C=O) groups excluding carboxylic acids is 2. The van der Waals surface area contributed by atoms with Gasteiger partial charge in [0.25, 0.3) is 5.91 Å². The Kier molecular flexibility index (Phi) is 12.1. The number of halogens is 1. The number of allylic oxidation sites excluding steroid dienone is 2. The van der Waals surface area contributed by atoms with E-state index in [0.717, 1.165) is 0 Å². The van der Waals surface area contributed by atoms with Crippen molar-refractivity contribution in [3.63, 3.8) is 0 Å². The topological polar surface area (TPSA) is 123 Å². The summed E-state index contributed by atoms with van der Waals surface area (Å²) >= 11 is 0. The first-order valence-electron chi connectivity index (χ1n) is 12.9. The number of methoxy groups -OCH3 is 1. The molecule has 11 nitrogen and oxygen atoms in total. The van der Waals surface area contributed by atoms with Crippen LogP contribution in [0.1, 0.15) is 23.0 Å². The van der Waals surface area contributed by atoms with Gasteiger partial charge in [-0.2, -0.15) is 10.2 Å². The fraction of sp³-hybridized carbons (Fsp3) is 0.321. The van der Waals surface area contributed by atoms with E-state index >= 15 is 0 Å². The van der Waals surface area contributed by atoms with Crippen molar-refractivity contribution in [3.05, 3.63) is 71.8 Å². The Morgan fingerprint density at radius 2 is 2.05 bits per heavy atom. The average Bonchev–Trinajstić information content (AvgIpc) is 3.56. The van der Waals surface area contributed by atoms with Crippen LogP contribution in [0.25, 0.3) is 16.9 Å². The molecule has 0 spiro atoms. The van der Waals surface area contributed by atoms with Crippen molar-refractivity contribution in [3.8, 4) is 16.9 Å². The molecule has 3 amide bonds. The number of nitrogens with one attached hydrogen (secondary N) is 3. The quantitative estimate of drug-likeness (QED) is 0.329. The Morgan fingerprint density at radius 1 is 1.29 bits per heavy atom. The zero-order chi connectivity index (χ0) is 29.8. The van der Waals surface area contributed by atoms with E-state index < -0.39 is 17.8 Å². The zero-order valence-electron chi connectivity index (χ0n) is 23.5. The van der Waals surface area contributed by atoms with E-state index in [1.54, 1.807) is 29.6 Å². The summed E-state index contributed by atoms with van der Waals surface area (Å²) < 4.78 is 21.3. The second kappa shape index (κ2) is 15.7. The monoisotopic (exact) mass is 583 g/mol. The first-order valence-corrected chi connectivity index (χ1v) is 13.5. The summed E-state index contributed by atoms with van der Waals surface area (Å²) in [4.78, 5) is 34.3. The van der Waals surface area contributed by atoms with Gasteiger partial charge in [-0.3, -0.25) is 14.9 Å². The van der Waals surface area contributed by atoms with Gasteiger partial charge in [-0.1, -0.05) is 30.4 Å². The van der Waals surface area contributed by atoms with Gasteiger partial charge in [-0.25, -0.2) is 18.9 Å². The highest BCUT2D eigenvalue weighted by atomic mass is 31.0. The maximum absolute atomic E-state index is 14.6. The van der Waals surface area contributed by atoms with Crippen molar-refractivity contribution in [2.75, 3.05) is 45.8 Å². The predicted octanol–water partition coefficient (Wildman–Crippen LogP) is 3.63. The summed E-state index contributed by atoms with van der Waals surface area (Å²) in [6.07, 6.45) is 5.25. The summed E-state index contributed by atoms with van der Waals surface area (Å²) in [5.74, 6) is 0.827. The van der Waals surface area contributed by atoms with Crippen molar-refractivity contribution >= 4 is 32.4 Å². The smallest absolute Gasteiger partial charge is 0.320 e. The Hall–Kier alpha value is -3.96. The number of amides is 3. The summed E-state index contributed by atoms with van der Waals surface area (Å²) in [6, 6.07) is 9.81. The molecule has 1 aromatic carbocycles. The maximum atomic E-state index is 14.6. The van der Waals surface area contributed by atoms with Crippen molar-refractivity contribution in [2.45, 2.75) is 19.9 Å². The van der Waals surface area contributed by atoms with Crippen LogP contribution in [0.4, 0.5) is 15.0 Å². The molecule has 1 aliphatic rings. The van der Waals surface area contributed by atoms with Crippen LogP contribution in [0.15, 0.2) is 54.7 Å². The second-order valence-electron chi connectivity index (χ2n) is 8.87. The van der Waals surface area contributed by atoms with Crippen LogP contribution in [0.5, 0.6) is 0 Å². The maximum Gasteiger partial charge on any atom is 0.320 e. The first kappa shape index (κ1) is 31.6. The molecule has 3 heterocycles. The van der Waals surface area contributed by atoms with Gasteiger partial charge in [0.15, 0.2) is 11.5 Å². The summed E-state index contributed by atoms with van der Waals surface area (Å²) in [7, 11) is 6.16. The van der Waals surface area contributed by atoms with Gasteiger partial charge in [-0.05, 0) is 37.8 Å². The molecule has 0 unspecified atom stereocenters. The van der Waals surface area contributed by atoms with Crippen LogP contribution < -0.4 is 16.0 Å². The molecule has 3 aromatic rings. The molecule has 0 saturated carbocycles. The number of hydrogen-bond acceptors (Lipinski definition) is 7. The standard InChI is InChI=1S/C24H28FN7O4.C4H7P/c1-15-20(16-11-19(25)21(27-12-16)23(33)26-2)30-32(18-7-5-4-6-8-18)22(15)29-24(34)28-17-13-31(36-14-17)9-10-35-3;1-2-3-4-5/h4-8,11-12,17H,9-10,13-14H2,1-3H3,(H,26,33)(H2,28,29,34);2-5H,1H3/b;3-2-/t17-;/m1./s1. The number of nitrogens with zero attached hydrogens (tertiary/aromatic N) is 4. The van der Waals surface area contributed by atoms with Crippen LogP contribution >= 0.6 is 8.86 Å². The van der Waals surface area contributed by atoms with Crippen molar-refractivity contribution in [1.29, 1.82) is 0 Å². The van der Waals surface area contributed by atoms with E-state index in [0.29, 0.717) is 54.6 Å². The van der Waals surface area contributed by atoms with E-state index in [1.165, 1.54) is 19.3 Å². The molecule has 3 N–H and O–H groups in total. The van der Waals surface area contributed by atoms with Gasteiger partial charge in [0.05, 0.1) is 30.6 Å². The molecule has 4 rings (SSSR count). The molecule has 13 heteroatoms. The van der Waals surface area contributed by atoms with E-state index in [4.69, 9.17) is 9.57 Å². The van der Waals surface area contributed by atoms with Crippen molar-refractivity contribution in [1.82, 2.24) is 30.5 Å². The highest BCUT2D eigenvalue weighted by Gasteiger charge is 2.26. The summed E-state index contributed by atoms with van der Waals surface area (Å²) in [5.41, 5.74) is 1.78.